The van der Waals surface area contributed by atoms with Gasteiger partial charge in [-0.2, -0.15) is 0 Å². The number of amides is 1. The van der Waals surface area contributed by atoms with Gasteiger partial charge in [0.05, 0.1) is 17.1 Å². The Balaban J connectivity index is 2.01. The molecule has 0 unspecified atom stereocenters. The van der Waals surface area contributed by atoms with Crippen molar-refractivity contribution in [2.75, 3.05) is 13.2 Å². The summed E-state index contributed by atoms with van der Waals surface area (Å²) >= 11 is 5.97. The smallest absolute Gasteiger partial charge is 0.332 e. The van der Waals surface area contributed by atoms with E-state index < -0.39 is 17.3 Å². The minimum Gasteiger partial charge on any atom is -0.462 e. The predicted molar refractivity (Wildman–Crippen MR) is 74.6 cm³/mol. The van der Waals surface area contributed by atoms with Crippen LogP contribution in [0.4, 0.5) is 4.39 Å². The fourth-order valence-corrected chi connectivity index (χ4v) is 3.50. The Morgan fingerprint density at radius 1 is 1.33 bits per heavy atom. The van der Waals surface area contributed by atoms with Crippen molar-refractivity contribution in [3.8, 4) is 0 Å². The molecule has 1 aliphatic carbocycles. The van der Waals surface area contributed by atoms with E-state index >= 15 is 0 Å². The molecular formula is C15H15ClFNO3. The van der Waals surface area contributed by atoms with E-state index in [1.165, 1.54) is 23.1 Å². The van der Waals surface area contributed by atoms with Crippen molar-refractivity contribution in [2.24, 2.45) is 0 Å². The molecule has 1 saturated heterocycles. The summed E-state index contributed by atoms with van der Waals surface area (Å²) in [6.07, 6.45) is 2.82. The molecule has 1 aromatic rings. The van der Waals surface area contributed by atoms with Crippen LogP contribution >= 0.6 is 11.6 Å². The molecule has 2 fully saturated rings. The number of morpholine rings is 1. The number of rotatable bonds is 1. The highest BCUT2D eigenvalue weighted by atomic mass is 35.5. The summed E-state index contributed by atoms with van der Waals surface area (Å²) < 4.78 is 19.1. The van der Waals surface area contributed by atoms with Crippen molar-refractivity contribution in [1.82, 2.24) is 4.90 Å². The van der Waals surface area contributed by atoms with E-state index in [0.29, 0.717) is 12.8 Å². The first-order valence-corrected chi connectivity index (χ1v) is 7.37. The third-order valence-corrected chi connectivity index (χ3v) is 4.61. The third kappa shape index (κ3) is 2.20. The zero-order valence-corrected chi connectivity index (χ0v) is 12.2. The normalized spacial score (nSPS) is 20.7. The van der Waals surface area contributed by atoms with E-state index in [0.717, 1.165) is 12.8 Å². The zero-order chi connectivity index (χ0) is 15.0. The van der Waals surface area contributed by atoms with Gasteiger partial charge in [0.15, 0.2) is 0 Å². The van der Waals surface area contributed by atoms with E-state index in [4.69, 9.17) is 16.3 Å². The predicted octanol–water partition coefficient (Wildman–Crippen LogP) is 2.79. The summed E-state index contributed by atoms with van der Waals surface area (Å²) in [4.78, 5) is 26.4. The Bertz CT molecular complexity index is 578. The highest BCUT2D eigenvalue weighted by Gasteiger charge is 2.52. The van der Waals surface area contributed by atoms with Gasteiger partial charge in [0.25, 0.3) is 5.91 Å². The number of cyclic esters (lactones) is 1. The van der Waals surface area contributed by atoms with Gasteiger partial charge in [-0.3, -0.25) is 4.79 Å². The number of hydrogen-bond acceptors (Lipinski definition) is 3. The van der Waals surface area contributed by atoms with Crippen LogP contribution < -0.4 is 0 Å². The first kappa shape index (κ1) is 14.3. The van der Waals surface area contributed by atoms with Gasteiger partial charge >= 0.3 is 5.97 Å². The van der Waals surface area contributed by atoms with E-state index in [9.17, 15) is 14.0 Å². The summed E-state index contributed by atoms with van der Waals surface area (Å²) in [6.45, 7) is 0.410. The molecule has 6 heteroatoms. The number of esters is 1. The van der Waals surface area contributed by atoms with Crippen LogP contribution in [0.1, 0.15) is 36.0 Å². The summed E-state index contributed by atoms with van der Waals surface area (Å²) in [6, 6.07) is 4.12. The molecule has 3 rings (SSSR count). The fraction of sp³-hybridized carbons (Fsp3) is 0.467. The van der Waals surface area contributed by atoms with Crippen molar-refractivity contribution in [2.45, 2.75) is 31.2 Å². The van der Waals surface area contributed by atoms with Gasteiger partial charge in [-0.1, -0.05) is 30.5 Å². The average Bonchev–Trinajstić information content (AvgIpc) is 2.92. The second kappa shape index (κ2) is 5.30. The monoisotopic (exact) mass is 311 g/mol. The molecule has 4 nitrogen and oxygen atoms in total. The third-order valence-electron chi connectivity index (χ3n) is 4.30. The number of carbonyl (C=O) groups excluding carboxylic acids is 2. The minimum atomic E-state index is -0.944. The maximum atomic E-state index is 14.0. The van der Waals surface area contributed by atoms with Gasteiger partial charge in [0.2, 0.25) is 0 Å². The van der Waals surface area contributed by atoms with Gasteiger partial charge in [-0.05, 0) is 25.0 Å². The van der Waals surface area contributed by atoms with Crippen LogP contribution in [0.15, 0.2) is 18.2 Å². The maximum Gasteiger partial charge on any atom is 0.332 e. The highest BCUT2D eigenvalue weighted by molar-refractivity contribution is 6.33. The number of carbonyl (C=O) groups is 2. The number of hydrogen-bond donors (Lipinski definition) is 0. The quantitative estimate of drug-likeness (QED) is 0.749. The highest BCUT2D eigenvalue weighted by Crippen LogP contribution is 2.39. The molecule has 1 heterocycles. The Morgan fingerprint density at radius 3 is 2.71 bits per heavy atom. The van der Waals surface area contributed by atoms with Gasteiger partial charge in [-0.25, -0.2) is 9.18 Å². The summed E-state index contributed by atoms with van der Waals surface area (Å²) in [5, 5.41) is 0.0621. The number of ether oxygens (including phenoxy) is 1. The lowest BCUT2D eigenvalue weighted by Gasteiger charge is -2.42. The summed E-state index contributed by atoms with van der Waals surface area (Å²) in [5.74, 6) is -1.58. The van der Waals surface area contributed by atoms with Crippen molar-refractivity contribution < 1.29 is 18.7 Å². The van der Waals surface area contributed by atoms with Crippen LogP contribution in [-0.2, 0) is 9.53 Å². The Kier molecular flexibility index (Phi) is 3.61. The Hall–Kier alpha value is -1.62. The second-order valence-corrected chi connectivity index (χ2v) is 5.84. The molecule has 0 aromatic heterocycles. The number of benzene rings is 1. The lowest BCUT2D eigenvalue weighted by molar-refractivity contribution is -0.164. The first-order chi connectivity index (χ1) is 10.1. The lowest BCUT2D eigenvalue weighted by Crippen LogP contribution is -2.60. The lowest BCUT2D eigenvalue weighted by atomic mass is 9.92. The fourth-order valence-electron chi connectivity index (χ4n) is 3.26. The second-order valence-electron chi connectivity index (χ2n) is 5.43. The molecule has 1 saturated carbocycles. The molecule has 2 aliphatic rings. The molecule has 0 N–H and O–H groups in total. The molecule has 0 atom stereocenters. The Morgan fingerprint density at radius 2 is 2.05 bits per heavy atom. The average molecular weight is 312 g/mol. The van der Waals surface area contributed by atoms with Gasteiger partial charge in [-0.15, -0.1) is 0 Å². The molecule has 1 aromatic carbocycles. The van der Waals surface area contributed by atoms with E-state index in [2.05, 4.69) is 0 Å². The maximum absolute atomic E-state index is 14.0. The van der Waals surface area contributed by atoms with Gasteiger partial charge in [0.1, 0.15) is 18.0 Å². The summed E-state index contributed by atoms with van der Waals surface area (Å²) in [5.41, 5.74) is -1.11. The van der Waals surface area contributed by atoms with Crippen molar-refractivity contribution in [1.29, 1.82) is 0 Å². The van der Waals surface area contributed by atoms with E-state index in [1.807, 2.05) is 0 Å². The van der Waals surface area contributed by atoms with Crippen LogP contribution in [0.3, 0.4) is 0 Å². The molecule has 112 valence electrons. The van der Waals surface area contributed by atoms with Crippen LogP contribution in [0.5, 0.6) is 0 Å². The molecule has 21 heavy (non-hydrogen) atoms. The van der Waals surface area contributed by atoms with E-state index in [1.54, 1.807) is 0 Å². The molecule has 0 bridgehead atoms. The van der Waals surface area contributed by atoms with Gasteiger partial charge in [0, 0.05) is 0 Å². The largest absolute Gasteiger partial charge is 0.462 e. The topological polar surface area (TPSA) is 46.6 Å². The van der Waals surface area contributed by atoms with E-state index in [-0.39, 0.29) is 29.7 Å². The van der Waals surface area contributed by atoms with Crippen LogP contribution in [0.25, 0.3) is 0 Å². The van der Waals surface area contributed by atoms with Gasteiger partial charge < -0.3 is 9.64 Å². The van der Waals surface area contributed by atoms with Crippen LogP contribution in [0.2, 0.25) is 5.02 Å². The number of halogens is 2. The van der Waals surface area contributed by atoms with Crippen LogP contribution in [-0.4, -0.2) is 35.5 Å². The van der Waals surface area contributed by atoms with Crippen LogP contribution in [0, 0.1) is 5.82 Å². The van der Waals surface area contributed by atoms with Crippen molar-refractivity contribution >= 4 is 23.5 Å². The summed E-state index contributed by atoms with van der Waals surface area (Å²) in [7, 11) is 0. The number of nitrogens with zero attached hydrogens (tertiary/aromatic N) is 1. The molecule has 1 spiro atoms. The Labute approximate surface area is 126 Å². The SMILES string of the molecule is O=C(c1c(F)cccc1Cl)N1CCOC(=O)C12CCCC2. The standard InChI is InChI=1S/C15H15ClFNO3/c16-10-4-3-5-11(17)12(10)13(19)18-8-9-21-14(20)15(18)6-1-2-7-15/h3-5H,1-2,6-9H2. The van der Waals surface area contributed by atoms with Crippen molar-refractivity contribution in [3.05, 3.63) is 34.6 Å². The zero-order valence-electron chi connectivity index (χ0n) is 11.4. The first-order valence-electron chi connectivity index (χ1n) is 6.99. The minimum absolute atomic E-state index is 0.0621. The molecular weight excluding hydrogens is 297 g/mol. The molecule has 0 radical (unpaired) electrons. The molecule has 1 aliphatic heterocycles. The van der Waals surface area contributed by atoms with Crippen molar-refractivity contribution in [3.63, 3.8) is 0 Å². The molecule has 1 amide bonds.